The molecule has 0 radical (unpaired) electrons. The van der Waals surface area contributed by atoms with E-state index in [1.165, 1.54) is 36.1 Å². The average molecular weight is 562 g/mol. The number of hydrogen-bond donors (Lipinski definition) is 3. The number of halogens is 2. The number of nitrogens with zero attached hydrogens (tertiary/aromatic N) is 7. The molecule has 6 N–H and O–H groups in total. The molecule has 0 saturated carbocycles. The van der Waals surface area contributed by atoms with Gasteiger partial charge < -0.3 is 16.2 Å². The second-order valence-electron chi connectivity index (χ2n) is 8.84. The first-order valence-electron chi connectivity index (χ1n) is 12.0. The molecule has 13 nitrogen and oxygen atoms in total. The number of hydrogen-bond acceptors (Lipinski definition) is 9. The van der Waals surface area contributed by atoms with Crippen molar-refractivity contribution in [2.75, 3.05) is 23.5 Å². The van der Waals surface area contributed by atoms with Crippen molar-refractivity contribution < 1.29 is 23.2 Å². The van der Waals surface area contributed by atoms with Gasteiger partial charge in [0.1, 0.15) is 22.8 Å². The monoisotopic (exact) mass is 561 g/mol. The SMILES string of the molecule is COC(=O)N(Cc1cccc([N+](N)=O)c1)c1c(N)nc(-n2nc(Cc3ccccc3F)c3ncc(F)cc32)nc1N. The summed E-state index contributed by atoms with van der Waals surface area (Å²) >= 11 is 0. The lowest BCUT2D eigenvalue weighted by Crippen LogP contribution is -2.32. The maximum Gasteiger partial charge on any atom is 0.414 e. The number of fused-ring (bicyclic) bond motifs is 1. The second kappa shape index (κ2) is 10.8. The Bertz CT molecular complexity index is 1790. The van der Waals surface area contributed by atoms with E-state index >= 15 is 0 Å². The summed E-state index contributed by atoms with van der Waals surface area (Å²) in [4.78, 5) is 38.3. The average Bonchev–Trinajstić information content (AvgIpc) is 3.30. The second-order valence-corrected chi connectivity index (χ2v) is 8.84. The lowest BCUT2D eigenvalue weighted by molar-refractivity contribution is -0.474. The number of rotatable bonds is 7. The third kappa shape index (κ3) is 5.27. The van der Waals surface area contributed by atoms with E-state index in [0.29, 0.717) is 22.3 Å². The van der Waals surface area contributed by atoms with Crippen LogP contribution in [0.2, 0.25) is 0 Å². The molecule has 0 spiro atoms. The van der Waals surface area contributed by atoms with Crippen molar-refractivity contribution in [2.24, 2.45) is 5.84 Å². The molecule has 3 heterocycles. The van der Waals surface area contributed by atoms with Gasteiger partial charge in [-0.2, -0.15) is 25.6 Å². The number of aromatic nitrogens is 5. The number of amides is 1. The van der Waals surface area contributed by atoms with Crippen molar-refractivity contribution in [2.45, 2.75) is 13.0 Å². The van der Waals surface area contributed by atoms with E-state index in [4.69, 9.17) is 22.0 Å². The van der Waals surface area contributed by atoms with Gasteiger partial charge in [-0.15, -0.1) is 0 Å². The van der Waals surface area contributed by atoms with Gasteiger partial charge in [0.15, 0.2) is 16.5 Å². The van der Waals surface area contributed by atoms with Gasteiger partial charge in [0.25, 0.3) is 11.6 Å². The Labute approximate surface area is 230 Å². The van der Waals surface area contributed by atoms with Gasteiger partial charge in [0.05, 0.1) is 36.0 Å². The fraction of sp³-hybridized carbons (Fsp3) is 0.115. The largest absolute Gasteiger partial charge is 0.452 e. The summed E-state index contributed by atoms with van der Waals surface area (Å²) in [7, 11) is 1.17. The maximum atomic E-state index is 14.4. The van der Waals surface area contributed by atoms with Crippen LogP contribution in [0, 0.1) is 16.5 Å². The fourth-order valence-corrected chi connectivity index (χ4v) is 4.30. The first kappa shape index (κ1) is 26.9. The molecule has 0 fully saturated rings. The highest BCUT2D eigenvalue weighted by Crippen LogP contribution is 2.32. The minimum absolute atomic E-state index is 0.0522. The first-order valence-corrected chi connectivity index (χ1v) is 12.0. The van der Waals surface area contributed by atoms with E-state index < -0.39 is 17.7 Å². The Hall–Kier alpha value is -5.73. The van der Waals surface area contributed by atoms with Crippen LogP contribution in [0.1, 0.15) is 16.8 Å². The van der Waals surface area contributed by atoms with E-state index in [1.54, 1.807) is 30.3 Å². The third-order valence-corrected chi connectivity index (χ3v) is 6.16. The molecule has 0 aliphatic carbocycles. The Morgan fingerprint density at radius 3 is 2.49 bits per heavy atom. The van der Waals surface area contributed by atoms with E-state index in [-0.39, 0.29) is 52.3 Å². The van der Waals surface area contributed by atoms with E-state index in [0.717, 1.165) is 11.1 Å². The number of pyridine rings is 1. The number of nitrogens with two attached hydrogens (primary N) is 3. The van der Waals surface area contributed by atoms with Gasteiger partial charge in [-0.1, -0.05) is 30.3 Å². The molecule has 0 saturated heterocycles. The zero-order chi connectivity index (χ0) is 29.3. The molecule has 0 atom stereocenters. The normalized spacial score (nSPS) is 11.0. The number of anilines is 3. The number of benzene rings is 2. The van der Waals surface area contributed by atoms with Gasteiger partial charge >= 0.3 is 6.09 Å². The van der Waals surface area contributed by atoms with Crippen LogP contribution < -0.4 is 22.2 Å². The van der Waals surface area contributed by atoms with Crippen LogP contribution in [0.3, 0.4) is 0 Å². The molecule has 0 aliphatic heterocycles. The summed E-state index contributed by atoms with van der Waals surface area (Å²) < 4.78 is 34.7. The summed E-state index contributed by atoms with van der Waals surface area (Å²) in [6.45, 7) is -0.127. The van der Waals surface area contributed by atoms with Crippen molar-refractivity contribution in [1.82, 2.24) is 24.7 Å². The van der Waals surface area contributed by atoms with Crippen molar-refractivity contribution >= 4 is 40.1 Å². The first-order chi connectivity index (χ1) is 19.7. The van der Waals surface area contributed by atoms with E-state index in [2.05, 4.69) is 20.1 Å². The number of carbonyl (C=O) groups excluding carboxylic acids is 1. The Morgan fingerprint density at radius 2 is 1.80 bits per heavy atom. The van der Waals surface area contributed by atoms with Crippen LogP contribution in [-0.2, 0) is 17.7 Å². The predicted octanol–water partition coefficient (Wildman–Crippen LogP) is 3.30. The summed E-state index contributed by atoms with van der Waals surface area (Å²) in [6, 6.07) is 13.5. The molecule has 0 bridgehead atoms. The summed E-state index contributed by atoms with van der Waals surface area (Å²) in [5.74, 6) is 3.62. The smallest absolute Gasteiger partial charge is 0.414 e. The van der Waals surface area contributed by atoms with Crippen molar-refractivity contribution in [3.63, 3.8) is 0 Å². The van der Waals surface area contributed by atoms with Crippen LogP contribution in [0.15, 0.2) is 60.8 Å². The predicted molar refractivity (Wildman–Crippen MR) is 145 cm³/mol. The number of methoxy groups -OCH3 is 1. The van der Waals surface area contributed by atoms with Crippen LogP contribution in [0.5, 0.6) is 0 Å². The van der Waals surface area contributed by atoms with Crippen molar-refractivity contribution in [1.29, 1.82) is 0 Å². The Morgan fingerprint density at radius 1 is 1.07 bits per heavy atom. The van der Waals surface area contributed by atoms with Crippen molar-refractivity contribution in [3.05, 3.63) is 94.2 Å². The number of carbonyl (C=O) groups is 1. The molecule has 5 rings (SSSR count). The van der Waals surface area contributed by atoms with Crippen molar-refractivity contribution in [3.8, 4) is 5.95 Å². The van der Waals surface area contributed by atoms with Crippen LogP contribution in [0.4, 0.5) is 36.6 Å². The number of nitrogen functional groups attached to an aromatic ring is 2. The highest BCUT2D eigenvalue weighted by Gasteiger charge is 2.26. The fourth-order valence-electron chi connectivity index (χ4n) is 4.30. The number of nitroso groups, excluding NO2 is 1. The summed E-state index contributed by atoms with van der Waals surface area (Å²) in [5, 5.41) is 4.47. The molecule has 3 aromatic heterocycles. The standard InChI is InChI=1S/C26H23F2N10O3/c1-41-26(39)36(13-14-5-4-7-17(9-14)38(31)40)22-23(29)33-25(34-24(22)30)37-20-11-16(27)12-32-21(20)19(35-37)10-15-6-2-3-8-18(15)28/h2-9,11-12H,10,13H2,1H3,(H2,31,40)(H4,29,30,33,34)/q+1. The molecule has 5 aromatic rings. The zero-order valence-electron chi connectivity index (χ0n) is 21.5. The molecule has 41 heavy (non-hydrogen) atoms. The zero-order valence-corrected chi connectivity index (χ0v) is 21.5. The van der Waals surface area contributed by atoms with Crippen LogP contribution in [0.25, 0.3) is 17.0 Å². The number of hydrazine groups is 1. The minimum Gasteiger partial charge on any atom is -0.452 e. The molecule has 208 valence electrons. The Balaban J connectivity index is 1.58. The van der Waals surface area contributed by atoms with Gasteiger partial charge in [-0.25, -0.2) is 18.6 Å². The molecule has 0 unspecified atom stereocenters. The van der Waals surface area contributed by atoms with Gasteiger partial charge in [-0.05, 0) is 17.2 Å². The molecule has 0 aliphatic rings. The quantitative estimate of drug-likeness (QED) is 0.151. The van der Waals surface area contributed by atoms with E-state index in [1.807, 2.05) is 0 Å². The lowest BCUT2D eigenvalue weighted by Gasteiger charge is -2.23. The third-order valence-electron chi connectivity index (χ3n) is 6.16. The molecule has 2 aromatic carbocycles. The molecule has 15 heteroatoms. The van der Waals surface area contributed by atoms with Gasteiger partial charge in [-0.3, -0.25) is 4.90 Å². The summed E-state index contributed by atoms with van der Waals surface area (Å²) in [5.41, 5.74) is 14.3. The van der Waals surface area contributed by atoms with Crippen LogP contribution in [-0.4, -0.2) is 42.8 Å². The van der Waals surface area contributed by atoms with Crippen LogP contribution >= 0.6 is 0 Å². The van der Waals surface area contributed by atoms with Gasteiger partial charge in [0.2, 0.25) is 0 Å². The Kier molecular flexibility index (Phi) is 7.07. The highest BCUT2D eigenvalue weighted by atomic mass is 19.1. The molecule has 1 amide bonds. The molecular formula is C26H23F2N10O3+. The topological polar surface area (TPSA) is 184 Å². The highest BCUT2D eigenvalue weighted by molar-refractivity contribution is 5.95. The lowest BCUT2D eigenvalue weighted by atomic mass is 10.1. The maximum absolute atomic E-state index is 14.4. The van der Waals surface area contributed by atoms with E-state index in [9.17, 15) is 18.5 Å². The minimum atomic E-state index is -0.833. The molecular weight excluding hydrogens is 538 g/mol. The van der Waals surface area contributed by atoms with Gasteiger partial charge in [0, 0.05) is 24.6 Å². The number of ether oxygens (including phenoxy) is 1. The summed E-state index contributed by atoms with van der Waals surface area (Å²) in [6.07, 6.45) is 0.238.